The second-order valence-electron chi connectivity index (χ2n) is 6.13. The smallest absolute Gasteiger partial charge is 0.273 e. The van der Waals surface area contributed by atoms with Gasteiger partial charge in [-0.15, -0.1) is 0 Å². The number of hydrogen-bond acceptors (Lipinski definition) is 6. The average Bonchev–Trinajstić information content (AvgIpc) is 3.27. The largest absolute Gasteiger partial charge is 0.497 e. The first kappa shape index (κ1) is 18.5. The highest BCUT2D eigenvalue weighted by molar-refractivity contribution is 5.92. The fourth-order valence-electron chi connectivity index (χ4n) is 2.84. The van der Waals surface area contributed by atoms with Gasteiger partial charge in [0, 0.05) is 11.3 Å². The van der Waals surface area contributed by atoms with Crippen LogP contribution < -0.4 is 14.8 Å². The number of carbonyl (C=O) groups excluding carboxylic acids is 1. The summed E-state index contributed by atoms with van der Waals surface area (Å²) in [6, 6.07) is 6.96. The molecule has 0 spiro atoms. The summed E-state index contributed by atoms with van der Waals surface area (Å²) in [7, 11) is 1.60. The van der Waals surface area contributed by atoms with Crippen LogP contribution in [0.15, 0.2) is 34.9 Å². The van der Waals surface area contributed by atoms with Gasteiger partial charge >= 0.3 is 0 Å². The van der Waals surface area contributed by atoms with Crippen molar-refractivity contribution in [3.63, 3.8) is 0 Å². The van der Waals surface area contributed by atoms with Crippen molar-refractivity contribution < 1.29 is 18.7 Å². The Balaban J connectivity index is 1.58. The number of amides is 1. The van der Waals surface area contributed by atoms with Gasteiger partial charge in [0.05, 0.1) is 18.8 Å². The van der Waals surface area contributed by atoms with Crippen molar-refractivity contribution in [3.8, 4) is 11.5 Å². The molecule has 0 radical (unpaired) electrons. The number of methoxy groups -OCH3 is 1. The van der Waals surface area contributed by atoms with Crippen molar-refractivity contribution in [2.24, 2.45) is 0 Å². The minimum absolute atomic E-state index is 0.120. The van der Waals surface area contributed by atoms with E-state index < -0.39 is 0 Å². The molecule has 27 heavy (non-hydrogen) atoms. The molecule has 0 fully saturated rings. The second-order valence-corrected chi connectivity index (χ2v) is 6.13. The molecular formula is C19H22N4O4. The number of benzene rings is 1. The van der Waals surface area contributed by atoms with Crippen molar-refractivity contribution >= 4 is 5.91 Å². The van der Waals surface area contributed by atoms with Crippen LogP contribution in [0.3, 0.4) is 0 Å². The van der Waals surface area contributed by atoms with Crippen molar-refractivity contribution in [3.05, 3.63) is 59.1 Å². The van der Waals surface area contributed by atoms with Crippen LogP contribution in [0.2, 0.25) is 0 Å². The van der Waals surface area contributed by atoms with Gasteiger partial charge in [0.1, 0.15) is 17.8 Å². The zero-order valence-corrected chi connectivity index (χ0v) is 15.7. The predicted octanol–water partition coefficient (Wildman–Crippen LogP) is 3.09. The van der Waals surface area contributed by atoms with Crippen LogP contribution in [0, 0.1) is 13.8 Å². The number of H-pyrrole nitrogens is 1. The molecule has 0 unspecified atom stereocenters. The Morgan fingerprint density at radius 2 is 1.96 bits per heavy atom. The van der Waals surface area contributed by atoms with Crippen molar-refractivity contribution in [2.45, 2.75) is 33.4 Å². The lowest BCUT2D eigenvalue weighted by Crippen LogP contribution is -2.27. The molecule has 1 aromatic carbocycles. The summed E-state index contributed by atoms with van der Waals surface area (Å²) in [5.74, 6) is 1.40. The molecule has 1 amide bonds. The van der Waals surface area contributed by atoms with E-state index in [-0.39, 0.29) is 24.2 Å². The zero-order valence-electron chi connectivity index (χ0n) is 15.7. The Hall–Kier alpha value is -3.29. The summed E-state index contributed by atoms with van der Waals surface area (Å²) in [5.41, 5.74) is 2.95. The quantitative estimate of drug-likeness (QED) is 0.662. The van der Waals surface area contributed by atoms with Crippen LogP contribution in [-0.2, 0) is 6.61 Å². The van der Waals surface area contributed by atoms with Gasteiger partial charge in [-0.1, -0.05) is 0 Å². The van der Waals surface area contributed by atoms with Gasteiger partial charge in [-0.05, 0) is 45.0 Å². The first-order valence-electron chi connectivity index (χ1n) is 8.51. The SMILES string of the molecule is COc1ccc(OCc2nc(C(=O)N[C@@H](C)c3c(C)n[nH]c3C)co2)cc1. The maximum atomic E-state index is 12.4. The Kier molecular flexibility index (Phi) is 5.44. The molecule has 0 aliphatic heterocycles. The number of aryl methyl sites for hydroxylation is 2. The van der Waals surface area contributed by atoms with Crippen molar-refractivity contribution in [1.82, 2.24) is 20.5 Å². The molecule has 2 heterocycles. The molecule has 2 aromatic heterocycles. The van der Waals surface area contributed by atoms with Crippen LogP contribution in [-0.4, -0.2) is 28.2 Å². The first-order chi connectivity index (χ1) is 13.0. The van der Waals surface area contributed by atoms with E-state index in [0.717, 1.165) is 22.7 Å². The zero-order chi connectivity index (χ0) is 19.4. The van der Waals surface area contributed by atoms with E-state index in [1.807, 2.05) is 20.8 Å². The Morgan fingerprint density at radius 1 is 1.26 bits per heavy atom. The summed E-state index contributed by atoms with van der Waals surface area (Å²) >= 11 is 0. The maximum absolute atomic E-state index is 12.4. The minimum atomic E-state index is -0.318. The van der Waals surface area contributed by atoms with Crippen LogP contribution in [0.4, 0.5) is 0 Å². The van der Waals surface area contributed by atoms with Crippen LogP contribution in [0.5, 0.6) is 11.5 Å². The minimum Gasteiger partial charge on any atom is -0.497 e. The van der Waals surface area contributed by atoms with E-state index in [9.17, 15) is 4.79 Å². The summed E-state index contributed by atoms with van der Waals surface area (Å²) < 4.78 is 16.0. The number of aromatic amines is 1. The predicted molar refractivity (Wildman–Crippen MR) is 97.8 cm³/mol. The van der Waals surface area contributed by atoms with Crippen LogP contribution in [0.25, 0.3) is 0 Å². The monoisotopic (exact) mass is 370 g/mol. The molecule has 1 atom stereocenters. The normalized spacial score (nSPS) is 11.9. The Morgan fingerprint density at radius 3 is 2.59 bits per heavy atom. The fraction of sp³-hybridized carbons (Fsp3) is 0.316. The van der Waals surface area contributed by atoms with Gasteiger partial charge in [0.2, 0.25) is 5.89 Å². The summed E-state index contributed by atoms with van der Waals surface area (Å²) in [6.45, 7) is 5.83. The van der Waals surface area contributed by atoms with E-state index >= 15 is 0 Å². The molecule has 3 rings (SSSR count). The van der Waals surface area contributed by atoms with Crippen molar-refractivity contribution in [1.29, 1.82) is 0 Å². The number of nitrogens with one attached hydrogen (secondary N) is 2. The molecule has 0 saturated heterocycles. The Bertz CT molecular complexity index is 895. The molecular weight excluding hydrogens is 348 g/mol. The second kappa shape index (κ2) is 7.94. The third kappa shape index (κ3) is 4.28. The highest BCUT2D eigenvalue weighted by Gasteiger charge is 2.19. The lowest BCUT2D eigenvalue weighted by molar-refractivity contribution is 0.0934. The molecule has 142 valence electrons. The molecule has 8 heteroatoms. The number of nitrogens with zero attached hydrogens (tertiary/aromatic N) is 2. The number of aromatic nitrogens is 3. The third-order valence-corrected chi connectivity index (χ3v) is 4.17. The molecule has 0 bridgehead atoms. The van der Waals surface area contributed by atoms with Crippen LogP contribution in [0.1, 0.15) is 46.3 Å². The van der Waals surface area contributed by atoms with Gasteiger partial charge < -0.3 is 19.2 Å². The highest BCUT2D eigenvalue weighted by Crippen LogP contribution is 2.20. The molecule has 0 aliphatic rings. The summed E-state index contributed by atoms with van der Waals surface area (Å²) in [4.78, 5) is 16.6. The van der Waals surface area contributed by atoms with Gasteiger partial charge in [0.25, 0.3) is 5.91 Å². The van der Waals surface area contributed by atoms with Gasteiger partial charge in [-0.2, -0.15) is 5.10 Å². The molecule has 0 saturated carbocycles. The van der Waals surface area contributed by atoms with Crippen molar-refractivity contribution in [2.75, 3.05) is 7.11 Å². The highest BCUT2D eigenvalue weighted by atomic mass is 16.5. The number of carbonyl (C=O) groups is 1. The fourth-order valence-corrected chi connectivity index (χ4v) is 2.84. The summed E-state index contributed by atoms with van der Waals surface area (Å²) in [5, 5.41) is 9.97. The van der Waals surface area contributed by atoms with E-state index in [1.54, 1.807) is 31.4 Å². The molecule has 2 N–H and O–H groups in total. The lowest BCUT2D eigenvalue weighted by atomic mass is 10.1. The van der Waals surface area contributed by atoms with Gasteiger partial charge in [-0.3, -0.25) is 9.89 Å². The first-order valence-corrected chi connectivity index (χ1v) is 8.51. The Labute approximate surface area is 156 Å². The summed E-state index contributed by atoms with van der Waals surface area (Å²) in [6.07, 6.45) is 1.32. The van der Waals surface area contributed by atoms with E-state index in [4.69, 9.17) is 13.9 Å². The van der Waals surface area contributed by atoms with Gasteiger partial charge in [0.15, 0.2) is 12.3 Å². The number of rotatable bonds is 7. The van der Waals surface area contributed by atoms with E-state index in [0.29, 0.717) is 11.6 Å². The molecule has 8 nitrogen and oxygen atoms in total. The standard InChI is InChI=1S/C19H22N4O4/c1-11(18-12(2)22-23-13(18)3)20-19(24)16-9-27-17(21-16)10-26-15-7-5-14(25-4)6-8-15/h5-9,11H,10H2,1-4H3,(H,20,24)(H,22,23)/t11-/m0/s1. The maximum Gasteiger partial charge on any atom is 0.273 e. The number of hydrogen-bond donors (Lipinski definition) is 2. The molecule has 0 aliphatic carbocycles. The van der Waals surface area contributed by atoms with E-state index in [1.165, 1.54) is 6.26 Å². The number of ether oxygens (including phenoxy) is 2. The van der Waals surface area contributed by atoms with E-state index in [2.05, 4.69) is 20.5 Å². The molecule has 3 aromatic rings. The lowest BCUT2D eigenvalue weighted by Gasteiger charge is -2.13. The number of oxazole rings is 1. The topological polar surface area (TPSA) is 102 Å². The third-order valence-electron chi connectivity index (χ3n) is 4.17. The average molecular weight is 370 g/mol. The van der Waals surface area contributed by atoms with Crippen LogP contribution >= 0.6 is 0 Å². The van der Waals surface area contributed by atoms with Gasteiger partial charge in [-0.25, -0.2) is 4.98 Å².